The number of carbonyl (C=O) groups is 4. The Bertz CT molecular complexity index is 3830. The summed E-state index contributed by atoms with van der Waals surface area (Å²) in [7, 11) is -11.9. The molecular weight excluding hydrogens is 1280 g/mol. The number of anilines is 2. The van der Waals surface area contributed by atoms with E-state index in [1.165, 1.54) is 49.1 Å². The van der Waals surface area contributed by atoms with Gasteiger partial charge >= 0.3 is 49.6 Å². The van der Waals surface area contributed by atoms with Gasteiger partial charge in [-0.25, -0.2) is 53.8 Å². The van der Waals surface area contributed by atoms with Gasteiger partial charge in [0.15, 0.2) is 0 Å². The van der Waals surface area contributed by atoms with E-state index in [0.717, 1.165) is 42.5 Å². The number of sulfonamides is 3. The number of aromatic nitrogens is 5. The molecule has 0 aliphatic heterocycles. The molecule has 6 aromatic rings. The Balaban J connectivity index is 0.000000277. The maximum absolute atomic E-state index is 12.7. The van der Waals surface area contributed by atoms with Crippen molar-refractivity contribution in [2.75, 3.05) is 24.0 Å². The Morgan fingerprint density at radius 3 is 1.73 bits per heavy atom. The molecule has 28 nitrogen and oxygen atoms in total. The number of rotatable bonds is 19. The minimum absolute atomic E-state index is 0.0715. The van der Waals surface area contributed by atoms with Crippen LogP contribution in [-0.2, 0) is 42.7 Å². The molecule has 0 unspecified atom stereocenters. The molecule has 0 aliphatic rings. The van der Waals surface area contributed by atoms with Crippen molar-refractivity contribution >= 4 is 83.2 Å². The number of carbonyl (C=O) groups excluding carboxylic acids is 3. The number of amides is 5. The smallest absolute Gasteiger partial charge is 0.416 e. The van der Waals surface area contributed by atoms with Crippen molar-refractivity contribution in [1.82, 2.24) is 39.1 Å². The Kier molecular flexibility index (Phi) is 23.1. The van der Waals surface area contributed by atoms with Gasteiger partial charge in [0.1, 0.15) is 27.8 Å². The average Bonchev–Trinajstić information content (AvgIpc) is 1.97. The van der Waals surface area contributed by atoms with Gasteiger partial charge in [-0.1, -0.05) is 41.9 Å². The van der Waals surface area contributed by atoms with Crippen LogP contribution in [0.1, 0.15) is 44.1 Å². The minimum Gasteiger partial charge on any atom is -0.478 e. The summed E-state index contributed by atoms with van der Waals surface area (Å²) in [6.45, 7) is -5.32. The van der Waals surface area contributed by atoms with E-state index in [-0.39, 0.29) is 34.8 Å². The zero-order chi connectivity index (χ0) is 64.7. The summed E-state index contributed by atoms with van der Waals surface area (Å²) in [6.07, 6.45) is -10.1. The molecular formula is C44H36ClF10N11O17S3. The predicted octanol–water partition coefficient (Wildman–Crippen LogP) is 7.83. The normalized spacial score (nSPS) is 11.6. The summed E-state index contributed by atoms with van der Waals surface area (Å²) in [5.74, 6) is -6.18. The van der Waals surface area contributed by atoms with Gasteiger partial charge in [-0.3, -0.25) is 25.5 Å². The molecule has 6 rings (SSSR count). The first-order chi connectivity index (χ1) is 39.7. The molecule has 5 amide bonds. The van der Waals surface area contributed by atoms with Gasteiger partial charge in [-0.2, -0.15) is 68.8 Å². The SMILES string of the molecule is COc1nc(C)nc(NC(=O)NS(=O)(=O)c2ccccc2CCC(F)(F)F)n1.CS(=O)(=O)NC(=O)c1cc(Oc2ccc(C(F)(F)F)cc2Cl)ccc1[N+](=O)[O-].O=C(Nc1nc(OC(F)F)cc(OC(F)F)n1)NS(=O)(=O)c1ccccc1C(=O)O. The number of carboxylic acids is 1. The number of benzene rings is 4. The number of alkyl halides is 10. The fraction of sp³-hybridized carbons (Fsp3) is 0.205. The molecule has 42 heteroatoms. The Morgan fingerprint density at radius 2 is 1.23 bits per heavy atom. The fourth-order valence-electron chi connectivity index (χ4n) is 6.13. The third-order valence-electron chi connectivity index (χ3n) is 9.43. The lowest BCUT2D eigenvalue weighted by molar-refractivity contribution is -0.385. The summed E-state index contributed by atoms with van der Waals surface area (Å²) >= 11 is 5.76. The summed E-state index contributed by atoms with van der Waals surface area (Å²) in [5.41, 5.74) is -3.06. The zero-order valence-corrected chi connectivity index (χ0v) is 46.0. The second-order valence-electron chi connectivity index (χ2n) is 15.8. The van der Waals surface area contributed by atoms with E-state index in [0.29, 0.717) is 24.5 Å². The van der Waals surface area contributed by atoms with Crippen molar-refractivity contribution in [3.05, 3.63) is 134 Å². The standard InChI is InChI=1S/C15H10ClF3N2O6S.C15H16F3N5O4S.C14H10F4N4O7S/c1-28(25,26)20-14(22)10-7-9(3-4-12(10)21(23)24)27-13-5-2-8(6-11(13)16)15(17,18)19;1-9-19-12(22-14(20-9)27-2)21-13(24)23-28(25,26)11-6-4-3-5-10(11)7-8-15(16,17)18;15-11(16)28-8-5-9(29-12(17)18)20-13(19-8)21-14(25)22-30(26,27)7-4-2-1-3-6(7)10(23)24/h2-7H,1H3,(H,20,22);3-6H,7-8H2,1-2H3,(H2,19,20,21,22,23,24);1-5,11-12H,(H,23,24)(H2,19,20,21,22,25). The molecule has 2 aromatic heterocycles. The number of aromatic carboxylic acids is 1. The molecule has 86 heavy (non-hydrogen) atoms. The highest BCUT2D eigenvalue weighted by Crippen LogP contribution is 2.37. The van der Waals surface area contributed by atoms with E-state index in [9.17, 15) is 98.5 Å². The molecule has 0 saturated carbocycles. The van der Waals surface area contributed by atoms with Gasteiger partial charge in [-0.15, -0.1) is 0 Å². The van der Waals surface area contributed by atoms with Gasteiger partial charge in [0, 0.05) is 18.6 Å². The topological polar surface area (TPSA) is 396 Å². The number of hydrogen-bond donors (Lipinski definition) is 6. The van der Waals surface area contributed by atoms with Gasteiger partial charge in [0.05, 0.1) is 45.4 Å². The van der Waals surface area contributed by atoms with E-state index < -0.39 is 152 Å². The highest BCUT2D eigenvalue weighted by molar-refractivity contribution is 7.90. The van der Waals surface area contributed by atoms with Crippen molar-refractivity contribution in [3.63, 3.8) is 0 Å². The van der Waals surface area contributed by atoms with Crippen molar-refractivity contribution in [1.29, 1.82) is 0 Å². The lowest BCUT2D eigenvalue weighted by Crippen LogP contribution is -2.35. The van der Waals surface area contributed by atoms with E-state index >= 15 is 0 Å². The van der Waals surface area contributed by atoms with Crippen LogP contribution in [0.15, 0.2) is 101 Å². The summed E-state index contributed by atoms with van der Waals surface area (Å²) < 4.78 is 219. The van der Waals surface area contributed by atoms with Gasteiger partial charge in [0.2, 0.25) is 33.7 Å². The van der Waals surface area contributed by atoms with Crippen molar-refractivity contribution in [2.45, 2.75) is 55.1 Å². The summed E-state index contributed by atoms with van der Waals surface area (Å²) in [5, 5.41) is 23.5. The Morgan fingerprint density at radius 1 is 0.698 bits per heavy atom. The van der Waals surface area contributed by atoms with E-state index in [2.05, 4.69) is 39.7 Å². The molecule has 0 spiro atoms. The van der Waals surface area contributed by atoms with Crippen LogP contribution in [0.4, 0.5) is 71.1 Å². The number of nitro benzene ring substituents is 1. The minimum atomic E-state index is -4.71. The number of nitro groups is 1. The second kappa shape index (κ2) is 28.9. The van der Waals surface area contributed by atoms with Crippen molar-refractivity contribution in [2.24, 2.45) is 0 Å². The highest BCUT2D eigenvalue weighted by Gasteiger charge is 2.32. The van der Waals surface area contributed by atoms with E-state index in [1.807, 2.05) is 0 Å². The van der Waals surface area contributed by atoms with Gasteiger partial charge in [-0.05, 0) is 61.4 Å². The second-order valence-corrected chi connectivity index (χ2v) is 21.3. The third-order valence-corrected chi connectivity index (χ3v) is 13.1. The highest BCUT2D eigenvalue weighted by atomic mass is 35.5. The maximum Gasteiger partial charge on any atom is 0.416 e. The van der Waals surface area contributed by atoms with Crippen LogP contribution in [-0.4, -0.2) is 117 Å². The largest absolute Gasteiger partial charge is 0.478 e. The Hall–Kier alpha value is -9.51. The molecule has 0 atom stereocenters. The number of methoxy groups -OCH3 is 1. The number of ether oxygens (including phenoxy) is 4. The number of urea groups is 2. The van der Waals surface area contributed by atoms with Crippen LogP contribution in [0.2, 0.25) is 5.02 Å². The lowest BCUT2D eigenvalue weighted by atomic mass is 10.1. The number of nitrogens with zero attached hydrogens (tertiary/aromatic N) is 6. The quantitative estimate of drug-likeness (QED) is 0.0255. The average molecular weight is 1310 g/mol. The molecule has 464 valence electrons. The van der Waals surface area contributed by atoms with Gasteiger partial charge < -0.3 is 24.1 Å². The van der Waals surface area contributed by atoms with E-state index in [1.54, 1.807) is 14.8 Å². The first-order valence-corrected chi connectivity index (χ1v) is 27.5. The first kappa shape index (κ1) is 69.0. The van der Waals surface area contributed by atoms with E-state index in [4.69, 9.17) is 26.2 Å². The molecule has 0 aliphatic carbocycles. The lowest BCUT2D eigenvalue weighted by Gasteiger charge is -2.13. The van der Waals surface area contributed by atoms with Crippen LogP contribution in [0.25, 0.3) is 0 Å². The maximum atomic E-state index is 12.7. The fourth-order valence-corrected chi connectivity index (χ4v) is 9.08. The molecule has 0 bridgehead atoms. The molecule has 0 fully saturated rings. The van der Waals surface area contributed by atoms with Crippen molar-refractivity contribution < 1.29 is 117 Å². The molecule has 6 N–H and O–H groups in total. The van der Waals surface area contributed by atoms with Crippen LogP contribution in [0, 0.1) is 17.0 Å². The molecule has 0 saturated heterocycles. The molecule has 0 radical (unpaired) electrons. The van der Waals surface area contributed by atoms with Crippen LogP contribution >= 0.6 is 11.6 Å². The van der Waals surface area contributed by atoms with Crippen LogP contribution < -0.4 is 43.7 Å². The summed E-state index contributed by atoms with van der Waals surface area (Å²) in [4.78, 5) is 73.9. The zero-order valence-electron chi connectivity index (χ0n) is 42.8. The number of hydrogen-bond acceptors (Lipinski definition) is 21. The monoisotopic (exact) mass is 1310 g/mol. The molecule has 4 aromatic carbocycles. The third kappa shape index (κ3) is 21.9. The first-order valence-electron chi connectivity index (χ1n) is 22.3. The number of nitrogens with one attached hydrogen (secondary N) is 5. The number of halogens is 11. The molecule has 2 heterocycles. The van der Waals surface area contributed by atoms with Crippen LogP contribution in [0.5, 0.6) is 29.3 Å². The Labute approximate surface area is 480 Å². The van der Waals surface area contributed by atoms with Crippen LogP contribution in [0.3, 0.4) is 0 Å². The summed E-state index contributed by atoms with van der Waals surface area (Å²) in [6, 6.07) is 12.1. The number of carboxylic acid groups (broad SMARTS) is 1. The van der Waals surface area contributed by atoms with Gasteiger partial charge in [0.25, 0.3) is 31.6 Å². The van der Waals surface area contributed by atoms with Crippen molar-refractivity contribution in [3.8, 4) is 29.3 Å². The predicted molar refractivity (Wildman–Crippen MR) is 271 cm³/mol. The number of aryl methyl sites for hydroxylation is 2.